The van der Waals surface area contributed by atoms with Gasteiger partial charge in [0.1, 0.15) is 5.76 Å². The minimum absolute atomic E-state index is 0.260. The molecule has 0 aromatic carbocycles. The van der Waals surface area contributed by atoms with Crippen molar-refractivity contribution in [2.24, 2.45) is 0 Å². The first kappa shape index (κ1) is 9.58. The standard InChI is InChI=1S/C9H10BrNO3/c10-8-3-2-7(14-8)6-11-4-1-5-13-9(11)12/h2-3H,1,4-6H2. The van der Waals surface area contributed by atoms with Crippen molar-refractivity contribution in [1.29, 1.82) is 0 Å². The van der Waals surface area contributed by atoms with E-state index in [-0.39, 0.29) is 6.09 Å². The molecule has 14 heavy (non-hydrogen) atoms. The molecular formula is C9H10BrNO3. The van der Waals surface area contributed by atoms with Crippen LogP contribution in [0.2, 0.25) is 0 Å². The van der Waals surface area contributed by atoms with Crippen molar-refractivity contribution < 1.29 is 13.9 Å². The summed E-state index contributed by atoms with van der Waals surface area (Å²) in [6, 6.07) is 3.65. The van der Waals surface area contributed by atoms with Gasteiger partial charge in [-0.05, 0) is 34.5 Å². The van der Waals surface area contributed by atoms with Gasteiger partial charge in [0.25, 0.3) is 0 Å². The van der Waals surface area contributed by atoms with Crippen molar-refractivity contribution in [3.63, 3.8) is 0 Å². The van der Waals surface area contributed by atoms with E-state index in [0.29, 0.717) is 17.8 Å². The van der Waals surface area contributed by atoms with Crippen LogP contribution in [-0.2, 0) is 11.3 Å². The van der Waals surface area contributed by atoms with Crippen molar-refractivity contribution in [3.8, 4) is 0 Å². The maximum Gasteiger partial charge on any atom is 0.410 e. The van der Waals surface area contributed by atoms with Crippen molar-refractivity contribution in [1.82, 2.24) is 4.90 Å². The van der Waals surface area contributed by atoms with Gasteiger partial charge in [-0.25, -0.2) is 4.79 Å². The van der Waals surface area contributed by atoms with E-state index in [4.69, 9.17) is 9.15 Å². The molecule has 2 rings (SSSR count). The number of nitrogens with zero attached hydrogens (tertiary/aromatic N) is 1. The number of halogens is 1. The number of hydrogen-bond donors (Lipinski definition) is 0. The number of carbonyl (C=O) groups is 1. The largest absolute Gasteiger partial charge is 0.452 e. The van der Waals surface area contributed by atoms with Crippen LogP contribution in [0.4, 0.5) is 4.79 Å². The Balaban J connectivity index is 1.99. The fraction of sp³-hybridized carbons (Fsp3) is 0.444. The van der Waals surface area contributed by atoms with Crippen LogP contribution in [0.3, 0.4) is 0 Å². The van der Waals surface area contributed by atoms with Gasteiger partial charge >= 0.3 is 6.09 Å². The number of hydrogen-bond acceptors (Lipinski definition) is 3. The fourth-order valence-electron chi connectivity index (χ4n) is 1.37. The van der Waals surface area contributed by atoms with Crippen molar-refractivity contribution >= 4 is 22.0 Å². The van der Waals surface area contributed by atoms with E-state index in [1.54, 1.807) is 4.90 Å². The Hall–Kier alpha value is -0.970. The Bertz CT molecular complexity index is 337. The van der Waals surface area contributed by atoms with E-state index in [1.165, 1.54) is 0 Å². The van der Waals surface area contributed by atoms with E-state index >= 15 is 0 Å². The summed E-state index contributed by atoms with van der Waals surface area (Å²) in [4.78, 5) is 12.9. The third-order valence-electron chi connectivity index (χ3n) is 2.03. The Labute approximate surface area is 89.9 Å². The van der Waals surface area contributed by atoms with Gasteiger partial charge in [0, 0.05) is 6.54 Å². The lowest BCUT2D eigenvalue weighted by Gasteiger charge is -2.25. The molecule has 0 bridgehead atoms. The second-order valence-electron chi connectivity index (χ2n) is 3.10. The number of carbonyl (C=O) groups excluding carboxylic acids is 1. The van der Waals surface area contributed by atoms with Crippen molar-refractivity contribution in [3.05, 3.63) is 22.6 Å². The zero-order valence-electron chi connectivity index (χ0n) is 7.53. The lowest BCUT2D eigenvalue weighted by molar-refractivity contribution is 0.0672. The quantitative estimate of drug-likeness (QED) is 0.819. The van der Waals surface area contributed by atoms with Gasteiger partial charge in [0.15, 0.2) is 4.67 Å². The zero-order chi connectivity index (χ0) is 9.97. The Kier molecular flexibility index (Phi) is 2.77. The molecule has 1 aliphatic heterocycles. The molecule has 0 atom stereocenters. The van der Waals surface area contributed by atoms with Gasteiger partial charge < -0.3 is 14.1 Å². The predicted molar refractivity (Wildman–Crippen MR) is 52.8 cm³/mol. The van der Waals surface area contributed by atoms with Gasteiger partial charge in [0.2, 0.25) is 0 Å². The summed E-state index contributed by atoms with van der Waals surface area (Å²) in [6.45, 7) is 1.73. The molecule has 0 aliphatic carbocycles. The van der Waals surface area contributed by atoms with Crippen LogP contribution in [0, 0.1) is 0 Å². The molecule has 4 nitrogen and oxygen atoms in total. The highest BCUT2D eigenvalue weighted by atomic mass is 79.9. The summed E-state index contributed by atoms with van der Waals surface area (Å²) in [7, 11) is 0. The van der Waals surface area contributed by atoms with E-state index in [1.807, 2.05) is 12.1 Å². The monoisotopic (exact) mass is 259 g/mol. The van der Waals surface area contributed by atoms with Crippen molar-refractivity contribution in [2.75, 3.05) is 13.2 Å². The first-order chi connectivity index (χ1) is 6.75. The molecule has 2 heterocycles. The van der Waals surface area contributed by atoms with E-state index < -0.39 is 0 Å². The summed E-state index contributed by atoms with van der Waals surface area (Å²) in [6.07, 6.45) is 0.622. The third-order valence-corrected chi connectivity index (χ3v) is 2.46. The van der Waals surface area contributed by atoms with E-state index in [2.05, 4.69) is 15.9 Å². The number of rotatable bonds is 2. The van der Waals surface area contributed by atoms with Crippen LogP contribution < -0.4 is 0 Å². The summed E-state index contributed by atoms with van der Waals surface area (Å²) < 4.78 is 10.9. The third kappa shape index (κ3) is 2.09. The molecule has 1 aromatic rings. The maximum absolute atomic E-state index is 11.3. The van der Waals surface area contributed by atoms with E-state index in [0.717, 1.165) is 18.7 Å². The molecule has 1 aromatic heterocycles. The van der Waals surface area contributed by atoms with Crippen LogP contribution in [0.1, 0.15) is 12.2 Å². The Morgan fingerprint density at radius 2 is 2.36 bits per heavy atom. The van der Waals surface area contributed by atoms with Crippen LogP contribution >= 0.6 is 15.9 Å². The zero-order valence-corrected chi connectivity index (χ0v) is 9.12. The molecule has 0 N–H and O–H groups in total. The molecule has 0 unspecified atom stereocenters. The summed E-state index contributed by atoms with van der Waals surface area (Å²) in [5.74, 6) is 0.760. The smallest absolute Gasteiger partial charge is 0.410 e. The van der Waals surface area contributed by atoms with Gasteiger partial charge in [-0.2, -0.15) is 0 Å². The van der Waals surface area contributed by atoms with Crippen LogP contribution in [0.5, 0.6) is 0 Å². The minimum atomic E-state index is -0.260. The Morgan fingerprint density at radius 3 is 3.00 bits per heavy atom. The second-order valence-corrected chi connectivity index (χ2v) is 3.88. The van der Waals surface area contributed by atoms with Gasteiger partial charge in [-0.1, -0.05) is 0 Å². The van der Waals surface area contributed by atoms with Crippen molar-refractivity contribution in [2.45, 2.75) is 13.0 Å². The highest BCUT2D eigenvalue weighted by molar-refractivity contribution is 9.10. The Morgan fingerprint density at radius 1 is 1.50 bits per heavy atom. The molecule has 0 radical (unpaired) electrons. The summed E-state index contributed by atoms with van der Waals surface area (Å²) >= 11 is 3.21. The van der Waals surface area contributed by atoms with Gasteiger partial charge in [-0.3, -0.25) is 0 Å². The fourth-order valence-corrected chi connectivity index (χ4v) is 1.71. The number of ether oxygens (including phenoxy) is 1. The minimum Gasteiger partial charge on any atom is -0.452 e. The summed E-state index contributed by atoms with van der Waals surface area (Å²) in [5, 5.41) is 0. The molecular weight excluding hydrogens is 250 g/mol. The molecule has 0 saturated carbocycles. The number of amides is 1. The first-order valence-electron chi connectivity index (χ1n) is 4.41. The average Bonchev–Trinajstić information content (AvgIpc) is 2.56. The molecule has 1 fully saturated rings. The topological polar surface area (TPSA) is 42.7 Å². The molecule has 76 valence electrons. The predicted octanol–water partition coefficient (Wildman–Crippen LogP) is 2.38. The molecule has 5 heteroatoms. The lowest BCUT2D eigenvalue weighted by Crippen LogP contribution is -2.36. The highest BCUT2D eigenvalue weighted by Gasteiger charge is 2.20. The van der Waals surface area contributed by atoms with Crippen LogP contribution in [-0.4, -0.2) is 24.1 Å². The first-order valence-corrected chi connectivity index (χ1v) is 5.21. The summed E-state index contributed by atoms with van der Waals surface area (Å²) in [5.41, 5.74) is 0. The molecule has 1 aliphatic rings. The number of furan rings is 1. The normalized spacial score (nSPS) is 16.9. The van der Waals surface area contributed by atoms with E-state index in [9.17, 15) is 4.79 Å². The SMILES string of the molecule is O=C1OCCCN1Cc1ccc(Br)o1. The lowest BCUT2D eigenvalue weighted by atomic mass is 10.3. The number of cyclic esters (lactones) is 1. The molecule has 0 spiro atoms. The van der Waals surface area contributed by atoms with Crippen LogP contribution in [0.25, 0.3) is 0 Å². The van der Waals surface area contributed by atoms with Gasteiger partial charge in [-0.15, -0.1) is 0 Å². The highest BCUT2D eigenvalue weighted by Crippen LogP contribution is 2.17. The van der Waals surface area contributed by atoms with Crippen LogP contribution in [0.15, 0.2) is 21.2 Å². The maximum atomic E-state index is 11.3. The average molecular weight is 260 g/mol. The molecule has 1 amide bonds. The molecule has 1 saturated heterocycles. The second kappa shape index (κ2) is 4.04. The van der Waals surface area contributed by atoms with Gasteiger partial charge in [0.05, 0.1) is 13.2 Å².